The van der Waals surface area contributed by atoms with Crippen LogP contribution < -0.4 is 10.6 Å². The second-order valence-electron chi connectivity index (χ2n) is 7.08. The zero-order chi connectivity index (χ0) is 17.0. The maximum Gasteiger partial charge on any atom is 0.315 e. The van der Waals surface area contributed by atoms with Gasteiger partial charge in [-0.1, -0.05) is 12.1 Å². The molecule has 2 aliphatic rings. The van der Waals surface area contributed by atoms with E-state index in [0.717, 1.165) is 57.3 Å². The summed E-state index contributed by atoms with van der Waals surface area (Å²) in [6.07, 6.45) is 4.38. The van der Waals surface area contributed by atoms with Gasteiger partial charge in [-0.3, -0.25) is 4.90 Å². The van der Waals surface area contributed by atoms with Crippen molar-refractivity contribution >= 4 is 6.03 Å². The number of hydrogen-bond acceptors (Lipinski definition) is 3. The Kier molecular flexibility index (Phi) is 5.36. The number of aliphatic hydroxyl groups is 1. The number of piperidine rings is 1. The van der Waals surface area contributed by atoms with E-state index in [1.54, 1.807) is 0 Å². The fourth-order valence-corrected chi connectivity index (χ4v) is 3.33. The number of likely N-dealkylation sites (tertiary alicyclic amines) is 1. The Bertz CT molecular complexity index is 552. The first-order valence-corrected chi connectivity index (χ1v) is 8.76. The summed E-state index contributed by atoms with van der Waals surface area (Å²) in [5.41, 5.74) is 0.421. The standard InChI is InChI=1S/C18H26FN3O2/c19-15-4-2-14(3-5-15)12-22-10-6-16(7-11-22)21-17(23)20-13-18(24)8-1-9-18/h2-5,16,24H,1,6-13H2,(H2,20,21,23). The van der Waals surface area contributed by atoms with Gasteiger partial charge < -0.3 is 15.7 Å². The van der Waals surface area contributed by atoms with Crippen molar-refractivity contribution in [1.82, 2.24) is 15.5 Å². The molecule has 24 heavy (non-hydrogen) atoms. The molecule has 0 unspecified atom stereocenters. The van der Waals surface area contributed by atoms with Crippen molar-refractivity contribution < 1.29 is 14.3 Å². The third-order valence-corrected chi connectivity index (χ3v) is 5.10. The summed E-state index contributed by atoms with van der Waals surface area (Å²) in [6.45, 7) is 2.97. The van der Waals surface area contributed by atoms with Crippen molar-refractivity contribution in [2.24, 2.45) is 0 Å². The van der Waals surface area contributed by atoms with Gasteiger partial charge in [0.15, 0.2) is 0 Å². The topological polar surface area (TPSA) is 64.6 Å². The predicted octanol–water partition coefficient (Wildman–Crippen LogP) is 2.00. The van der Waals surface area contributed by atoms with Crippen molar-refractivity contribution in [2.75, 3.05) is 19.6 Å². The quantitative estimate of drug-likeness (QED) is 0.771. The third kappa shape index (κ3) is 4.68. The van der Waals surface area contributed by atoms with E-state index in [1.165, 1.54) is 12.1 Å². The van der Waals surface area contributed by atoms with Gasteiger partial charge in [-0.05, 0) is 49.8 Å². The molecule has 0 atom stereocenters. The van der Waals surface area contributed by atoms with Gasteiger partial charge >= 0.3 is 6.03 Å². The van der Waals surface area contributed by atoms with Gasteiger partial charge in [0.05, 0.1) is 5.60 Å². The SMILES string of the molecule is O=C(NCC1(O)CCC1)NC1CCN(Cc2ccc(F)cc2)CC1. The zero-order valence-corrected chi connectivity index (χ0v) is 13.9. The number of amides is 2. The molecule has 132 valence electrons. The number of halogens is 1. The van der Waals surface area contributed by atoms with Crippen molar-refractivity contribution in [1.29, 1.82) is 0 Å². The van der Waals surface area contributed by atoms with Crippen LogP contribution in [-0.4, -0.2) is 47.3 Å². The van der Waals surface area contributed by atoms with Crippen molar-refractivity contribution in [3.8, 4) is 0 Å². The maximum absolute atomic E-state index is 12.9. The first-order valence-electron chi connectivity index (χ1n) is 8.76. The van der Waals surface area contributed by atoms with E-state index < -0.39 is 5.60 Å². The number of urea groups is 1. The Labute approximate surface area is 142 Å². The third-order valence-electron chi connectivity index (χ3n) is 5.10. The summed E-state index contributed by atoms with van der Waals surface area (Å²) in [5.74, 6) is -0.209. The number of rotatable bonds is 5. The van der Waals surface area contributed by atoms with Crippen molar-refractivity contribution in [3.05, 3.63) is 35.6 Å². The highest BCUT2D eigenvalue weighted by molar-refractivity contribution is 5.74. The highest BCUT2D eigenvalue weighted by Gasteiger charge is 2.34. The largest absolute Gasteiger partial charge is 0.388 e. The Balaban J connectivity index is 1.35. The molecular weight excluding hydrogens is 309 g/mol. The summed E-state index contributed by atoms with van der Waals surface area (Å²) in [7, 11) is 0. The van der Waals surface area contributed by atoms with Gasteiger partial charge in [0, 0.05) is 32.2 Å². The molecule has 1 saturated heterocycles. The van der Waals surface area contributed by atoms with Gasteiger partial charge in [-0.25, -0.2) is 9.18 Å². The first-order chi connectivity index (χ1) is 11.5. The summed E-state index contributed by atoms with van der Waals surface area (Å²) >= 11 is 0. The van der Waals surface area contributed by atoms with Crippen molar-refractivity contribution in [2.45, 2.75) is 50.3 Å². The molecule has 6 heteroatoms. The highest BCUT2D eigenvalue weighted by atomic mass is 19.1. The molecule has 1 aromatic rings. The van der Waals surface area contributed by atoms with E-state index in [9.17, 15) is 14.3 Å². The van der Waals surface area contributed by atoms with Gasteiger partial charge in [0.1, 0.15) is 5.82 Å². The number of hydrogen-bond donors (Lipinski definition) is 3. The van der Waals surface area contributed by atoms with Gasteiger partial charge in [-0.15, -0.1) is 0 Å². The lowest BCUT2D eigenvalue weighted by Gasteiger charge is -2.37. The van der Waals surface area contributed by atoms with Gasteiger partial charge in [-0.2, -0.15) is 0 Å². The monoisotopic (exact) mass is 335 g/mol. The molecule has 1 saturated carbocycles. The molecule has 0 radical (unpaired) electrons. The van der Waals surface area contributed by atoms with Crippen molar-refractivity contribution in [3.63, 3.8) is 0 Å². The Morgan fingerprint density at radius 2 is 1.92 bits per heavy atom. The predicted molar refractivity (Wildman–Crippen MR) is 90.0 cm³/mol. The number of nitrogens with zero attached hydrogens (tertiary/aromatic N) is 1. The average Bonchev–Trinajstić information content (AvgIpc) is 2.55. The minimum Gasteiger partial charge on any atom is -0.388 e. The fourth-order valence-electron chi connectivity index (χ4n) is 3.33. The lowest BCUT2D eigenvalue weighted by Crippen LogP contribution is -2.53. The van der Waals surface area contributed by atoms with Gasteiger partial charge in [0.2, 0.25) is 0 Å². The molecular formula is C18H26FN3O2. The van der Waals surface area contributed by atoms with E-state index >= 15 is 0 Å². The lowest BCUT2D eigenvalue weighted by molar-refractivity contribution is -0.0291. The molecule has 1 heterocycles. The van der Waals surface area contributed by atoms with Crippen LogP contribution in [0.5, 0.6) is 0 Å². The summed E-state index contributed by atoms with van der Waals surface area (Å²) in [6, 6.07) is 6.60. The number of benzene rings is 1. The summed E-state index contributed by atoms with van der Waals surface area (Å²) < 4.78 is 12.9. The van der Waals surface area contributed by atoms with Crippen LogP contribution in [0.15, 0.2) is 24.3 Å². The van der Waals surface area contributed by atoms with E-state index in [2.05, 4.69) is 15.5 Å². The van der Waals surface area contributed by atoms with Crippen LogP contribution in [0.4, 0.5) is 9.18 Å². The minimum atomic E-state index is -0.685. The zero-order valence-electron chi connectivity index (χ0n) is 13.9. The Morgan fingerprint density at radius 3 is 2.50 bits per heavy atom. The molecule has 2 amide bonds. The summed E-state index contributed by atoms with van der Waals surface area (Å²) in [5, 5.41) is 15.8. The second kappa shape index (κ2) is 7.49. The van der Waals surface area contributed by atoms with Gasteiger partial charge in [0.25, 0.3) is 0 Å². The second-order valence-corrected chi connectivity index (χ2v) is 7.08. The Hall–Kier alpha value is -1.66. The van der Waals surface area contributed by atoms with Crippen LogP contribution in [-0.2, 0) is 6.54 Å². The van der Waals surface area contributed by atoms with Crippen LogP contribution in [0.3, 0.4) is 0 Å². The maximum atomic E-state index is 12.9. The van der Waals surface area contributed by atoms with E-state index in [1.807, 2.05) is 12.1 Å². The lowest BCUT2D eigenvalue weighted by atomic mass is 9.80. The van der Waals surface area contributed by atoms with Crippen LogP contribution in [0.1, 0.15) is 37.7 Å². The van der Waals surface area contributed by atoms with E-state index in [0.29, 0.717) is 6.54 Å². The molecule has 3 N–H and O–H groups in total. The fraction of sp³-hybridized carbons (Fsp3) is 0.611. The van der Waals surface area contributed by atoms with Crippen LogP contribution in [0, 0.1) is 5.82 Å². The molecule has 5 nitrogen and oxygen atoms in total. The molecule has 0 aromatic heterocycles. The molecule has 0 spiro atoms. The number of carbonyl (C=O) groups is 1. The van der Waals surface area contributed by atoms with Crippen LogP contribution in [0.2, 0.25) is 0 Å². The molecule has 1 aliphatic heterocycles. The van der Waals surface area contributed by atoms with Crippen LogP contribution >= 0.6 is 0 Å². The van der Waals surface area contributed by atoms with Crippen LogP contribution in [0.25, 0.3) is 0 Å². The molecule has 3 rings (SSSR count). The molecule has 2 fully saturated rings. The minimum absolute atomic E-state index is 0.172. The number of carbonyl (C=O) groups excluding carboxylic acids is 1. The smallest absolute Gasteiger partial charge is 0.315 e. The molecule has 0 bridgehead atoms. The first kappa shape index (κ1) is 17.2. The van der Waals surface area contributed by atoms with E-state index in [-0.39, 0.29) is 17.9 Å². The average molecular weight is 335 g/mol. The van der Waals surface area contributed by atoms with E-state index in [4.69, 9.17) is 0 Å². The number of nitrogens with one attached hydrogen (secondary N) is 2. The normalized spacial score (nSPS) is 21.1. The summed E-state index contributed by atoms with van der Waals surface area (Å²) in [4.78, 5) is 14.2. The molecule has 1 aliphatic carbocycles. The molecule has 1 aromatic carbocycles. The Morgan fingerprint density at radius 1 is 1.25 bits per heavy atom. The highest BCUT2D eigenvalue weighted by Crippen LogP contribution is 2.30.